The van der Waals surface area contributed by atoms with Gasteiger partial charge in [-0.25, -0.2) is 15.8 Å². The fourth-order valence-corrected chi connectivity index (χ4v) is 1.84. The largest absolute Gasteiger partial charge is 0.394 e. The first-order valence-electron chi connectivity index (χ1n) is 6.86. The van der Waals surface area contributed by atoms with E-state index < -0.39 is 0 Å². The van der Waals surface area contributed by atoms with Crippen molar-refractivity contribution in [3.05, 3.63) is 11.4 Å². The summed E-state index contributed by atoms with van der Waals surface area (Å²) in [6.45, 7) is 4.55. The highest BCUT2D eigenvalue weighted by Crippen LogP contribution is 2.20. The molecule has 0 aliphatic rings. The van der Waals surface area contributed by atoms with Gasteiger partial charge in [0.25, 0.3) is 0 Å². The maximum Gasteiger partial charge on any atom is 0.148 e. The summed E-state index contributed by atoms with van der Waals surface area (Å²) < 4.78 is 5.03. The molecule has 1 heterocycles. The Morgan fingerprint density at radius 3 is 2.60 bits per heavy atom. The van der Waals surface area contributed by atoms with Crippen molar-refractivity contribution >= 4 is 11.6 Å². The van der Waals surface area contributed by atoms with Gasteiger partial charge in [-0.1, -0.05) is 6.92 Å². The molecule has 1 rings (SSSR count). The van der Waals surface area contributed by atoms with Crippen molar-refractivity contribution in [1.82, 2.24) is 9.97 Å². The molecule has 0 amide bonds. The van der Waals surface area contributed by atoms with Gasteiger partial charge in [-0.15, -0.1) is 0 Å². The molecule has 114 valence electrons. The van der Waals surface area contributed by atoms with Crippen molar-refractivity contribution < 1.29 is 9.84 Å². The van der Waals surface area contributed by atoms with Gasteiger partial charge < -0.3 is 20.6 Å². The summed E-state index contributed by atoms with van der Waals surface area (Å²) in [6, 6.07) is -0.108. The van der Waals surface area contributed by atoms with Crippen LogP contribution < -0.4 is 16.6 Å². The molecule has 0 fully saturated rings. The number of aliphatic hydroxyl groups excluding tert-OH is 1. The number of hydrogen-bond donors (Lipinski definition) is 4. The molecule has 0 aliphatic heterocycles. The van der Waals surface area contributed by atoms with Crippen LogP contribution in [0.3, 0.4) is 0 Å². The minimum atomic E-state index is -0.108. The van der Waals surface area contributed by atoms with Crippen LogP contribution in [0.4, 0.5) is 11.6 Å². The van der Waals surface area contributed by atoms with Crippen molar-refractivity contribution in [2.75, 3.05) is 31.1 Å². The molecule has 0 aliphatic carbocycles. The topological polar surface area (TPSA) is 105 Å². The number of rotatable bonds is 9. The summed E-state index contributed by atoms with van der Waals surface area (Å²) >= 11 is 0. The van der Waals surface area contributed by atoms with Crippen LogP contribution in [0.15, 0.2) is 0 Å². The van der Waals surface area contributed by atoms with E-state index in [0.717, 1.165) is 24.2 Å². The number of hydrazine groups is 1. The van der Waals surface area contributed by atoms with E-state index in [1.807, 2.05) is 6.92 Å². The van der Waals surface area contributed by atoms with Crippen LogP contribution in [0.2, 0.25) is 0 Å². The Balaban J connectivity index is 2.93. The van der Waals surface area contributed by atoms with Crippen LogP contribution in [0.1, 0.15) is 31.2 Å². The van der Waals surface area contributed by atoms with Gasteiger partial charge in [-0.2, -0.15) is 0 Å². The monoisotopic (exact) mass is 283 g/mol. The highest BCUT2D eigenvalue weighted by Gasteiger charge is 2.14. The predicted molar refractivity (Wildman–Crippen MR) is 79.6 cm³/mol. The average molecular weight is 283 g/mol. The SMILES string of the molecule is CCCc1nc(NN)c(C)c(NC(CO)CCOC)n1. The number of nitrogens with two attached hydrogens (primary N) is 1. The van der Waals surface area contributed by atoms with Gasteiger partial charge in [-0.3, -0.25) is 0 Å². The van der Waals surface area contributed by atoms with Gasteiger partial charge in [0.2, 0.25) is 0 Å². The number of methoxy groups -OCH3 is 1. The Morgan fingerprint density at radius 2 is 2.05 bits per heavy atom. The van der Waals surface area contributed by atoms with Crippen molar-refractivity contribution in [3.63, 3.8) is 0 Å². The summed E-state index contributed by atoms with van der Waals surface area (Å²) in [6.07, 6.45) is 2.44. The molecule has 0 saturated heterocycles. The molecule has 20 heavy (non-hydrogen) atoms. The van der Waals surface area contributed by atoms with Crippen molar-refractivity contribution in [2.45, 2.75) is 39.2 Å². The van der Waals surface area contributed by atoms with Crippen LogP contribution in [-0.2, 0) is 11.2 Å². The van der Waals surface area contributed by atoms with Gasteiger partial charge in [0.05, 0.1) is 12.6 Å². The number of aryl methyl sites for hydroxylation is 1. The van der Waals surface area contributed by atoms with Gasteiger partial charge >= 0.3 is 0 Å². The number of nitrogen functional groups attached to an aromatic ring is 1. The second-order valence-electron chi connectivity index (χ2n) is 4.66. The summed E-state index contributed by atoms with van der Waals surface area (Å²) in [5.74, 6) is 7.53. The molecule has 7 heteroatoms. The van der Waals surface area contributed by atoms with Crippen LogP contribution in [0.5, 0.6) is 0 Å². The van der Waals surface area contributed by atoms with E-state index in [0.29, 0.717) is 24.7 Å². The molecule has 0 aromatic carbocycles. The van der Waals surface area contributed by atoms with E-state index in [4.69, 9.17) is 10.6 Å². The predicted octanol–water partition coefficient (Wildman–Crippen LogP) is 0.832. The first-order chi connectivity index (χ1) is 9.65. The Hall–Kier alpha value is -1.44. The third kappa shape index (κ3) is 4.59. The zero-order valence-corrected chi connectivity index (χ0v) is 12.4. The summed E-state index contributed by atoms with van der Waals surface area (Å²) in [4.78, 5) is 8.86. The second kappa shape index (κ2) is 8.68. The van der Waals surface area contributed by atoms with Crippen LogP contribution in [0.25, 0.3) is 0 Å². The molecule has 1 aromatic heterocycles. The summed E-state index contributed by atoms with van der Waals surface area (Å²) in [7, 11) is 1.64. The molecule has 0 radical (unpaired) electrons. The van der Waals surface area contributed by atoms with Gasteiger partial charge in [-0.05, 0) is 19.8 Å². The molecule has 7 nitrogen and oxygen atoms in total. The van der Waals surface area contributed by atoms with E-state index in [-0.39, 0.29) is 12.6 Å². The van der Waals surface area contributed by atoms with E-state index in [1.54, 1.807) is 7.11 Å². The number of anilines is 2. The molecule has 0 saturated carbocycles. The normalized spacial score (nSPS) is 12.2. The Bertz CT molecular complexity index is 414. The molecular formula is C13H25N5O2. The first kappa shape index (κ1) is 16.6. The zero-order chi connectivity index (χ0) is 15.0. The lowest BCUT2D eigenvalue weighted by atomic mass is 10.2. The van der Waals surface area contributed by atoms with E-state index in [1.165, 1.54) is 0 Å². The number of nitrogens with zero attached hydrogens (tertiary/aromatic N) is 2. The van der Waals surface area contributed by atoms with Gasteiger partial charge in [0.1, 0.15) is 17.5 Å². The molecule has 0 bridgehead atoms. The zero-order valence-electron chi connectivity index (χ0n) is 12.4. The van der Waals surface area contributed by atoms with Crippen LogP contribution in [0, 0.1) is 6.92 Å². The molecule has 1 atom stereocenters. The minimum Gasteiger partial charge on any atom is -0.394 e. The van der Waals surface area contributed by atoms with Crippen molar-refractivity contribution in [2.24, 2.45) is 5.84 Å². The lowest BCUT2D eigenvalue weighted by Crippen LogP contribution is -2.27. The smallest absolute Gasteiger partial charge is 0.148 e. The Labute approximate surface area is 119 Å². The fourth-order valence-electron chi connectivity index (χ4n) is 1.84. The molecule has 1 unspecified atom stereocenters. The Morgan fingerprint density at radius 1 is 1.35 bits per heavy atom. The van der Waals surface area contributed by atoms with Gasteiger partial charge in [0.15, 0.2) is 0 Å². The lowest BCUT2D eigenvalue weighted by Gasteiger charge is -2.19. The number of aliphatic hydroxyl groups is 1. The van der Waals surface area contributed by atoms with Crippen LogP contribution >= 0.6 is 0 Å². The third-order valence-corrected chi connectivity index (χ3v) is 3.03. The maximum absolute atomic E-state index is 9.40. The van der Waals surface area contributed by atoms with E-state index >= 15 is 0 Å². The van der Waals surface area contributed by atoms with Crippen molar-refractivity contribution in [3.8, 4) is 0 Å². The summed E-state index contributed by atoms with van der Waals surface area (Å²) in [5.41, 5.74) is 3.43. The average Bonchev–Trinajstić information content (AvgIpc) is 2.46. The molecular weight excluding hydrogens is 258 g/mol. The fraction of sp³-hybridized carbons (Fsp3) is 0.692. The maximum atomic E-state index is 9.40. The van der Waals surface area contributed by atoms with Crippen LogP contribution in [-0.4, -0.2) is 41.4 Å². The molecule has 0 spiro atoms. The highest BCUT2D eigenvalue weighted by atomic mass is 16.5. The van der Waals surface area contributed by atoms with Gasteiger partial charge in [0, 0.05) is 25.7 Å². The van der Waals surface area contributed by atoms with Crippen molar-refractivity contribution in [1.29, 1.82) is 0 Å². The van der Waals surface area contributed by atoms with E-state index in [9.17, 15) is 5.11 Å². The van der Waals surface area contributed by atoms with E-state index in [2.05, 4.69) is 27.6 Å². The quantitative estimate of drug-likeness (QED) is 0.393. The Kier molecular flexibility index (Phi) is 7.21. The summed E-state index contributed by atoms with van der Waals surface area (Å²) in [5, 5.41) is 12.6. The lowest BCUT2D eigenvalue weighted by molar-refractivity contribution is 0.174. The minimum absolute atomic E-state index is 0.0152. The third-order valence-electron chi connectivity index (χ3n) is 3.03. The number of hydrogen-bond acceptors (Lipinski definition) is 7. The standard InChI is InChI=1S/C13H25N5O2/c1-4-5-11-16-12(9(2)13(17-11)18-14)15-10(8-19)6-7-20-3/h10,19H,4-8,14H2,1-3H3,(H2,15,16,17,18). The molecule has 1 aromatic rings. The number of aromatic nitrogens is 2. The number of ether oxygens (including phenoxy) is 1. The highest BCUT2D eigenvalue weighted by molar-refractivity contribution is 5.57. The first-order valence-corrected chi connectivity index (χ1v) is 6.86. The number of nitrogens with one attached hydrogen (secondary N) is 2. The molecule has 5 N–H and O–H groups in total. The second-order valence-corrected chi connectivity index (χ2v) is 4.66.